The number of anilines is 1. The summed E-state index contributed by atoms with van der Waals surface area (Å²) in [6, 6.07) is 4.60. The smallest absolute Gasteiger partial charge is 0.205 e. The van der Waals surface area contributed by atoms with Crippen molar-refractivity contribution in [3.63, 3.8) is 0 Å². The Hall–Kier alpha value is -2.03. The third kappa shape index (κ3) is 2.88. The average Bonchev–Trinajstić information content (AvgIpc) is 3.23. The van der Waals surface area contributed by atoms with Crippen LogP contribution in [0.4, 0.5) is 5.95 Å². The van der Waals surface area contributed by atoms with Gasteiger partial charge in [0.1, 0.15) is 0 Å². The standard InChI is InChI=1S/C21H29N3/c1-6-11-21(12-13-21)17-10-9-16(8-3)18-19(17)24-20(23-18)22-15(5)14(4)7-2/h7,9-10H,5-6,8,11-13H2,1-4H3,(H2,22,23,24)/b14-7+. The molecule has 3 rings (SSSR count). The third-order valence-electron chi connectivity index (χ3n) is 5.44. The van der Waals surface area contributed by atoms with Crippen molar-refractivity contribution >= 4 is 17.0 Å². The maximum absolute atomic E-state index is 4.85. The van der Waals surface area contributed by atoms with Crippen LogP contribution in [0.3, 0.4) is 0 Å². The second-order valence-corrected chi connectivity index (χ2v) is 7.04. The summed E-state index contributed by atoms with van der Waals surface area (Å²) in [4.78, 5) is 8.39. The molecule has 0 radical (unpaired) electrons. The van der Waals surface area contributed by atoms with Crippen molar-refractivity contribution in [3.8, 4) is 0 Å². The molecule has 0 amide bonds. The Morgan fingerprint density at radius 2 is 2.12 bits per heavy atom. The van der Waals surface area contributed by atoms with E-state index in [2.05, 4.69) is 55.9 Å². The van der Waals surface area contributed by atoms with Crippen LogP contribution in [0.15, 0.2) is 36.1 Å². The Bertz CT molecular complexity index is 791. The Morgan fingerprint density at radius 3 is 2.71 bits per heavy atom. The van der Waals surface area contributed by atoms with Gasteiger partial charge in [0.15, 0.2) is 0 Å². The molecular formula is C21H29N3. The monoisotopic (exact) mass is 323 g/mol. The van der Waals surface area contributed by atoms with Gasteiger partial charge in [-0.25, -0.2) is 4.98 Å². The van der Waals surface area contributed by atoms with Gasteiger partial charge in [0.25, 0.3) is 0 Å². The summed E-state index contributed by atoms with van der Waals surface area (Å²) in [5, 5.41) is 3.33. The number of rotatable bonds is 7. The predicted octanol–water partition coefficient (Wildman–Crippen LogP) is 5.85. The van der Waals surface area contributed by atoms with Gasteiger partial charge < -0.3 is 10.3 Å². The number of benzene rings is 1. The zero-order chi connectivity index (χ0) is 17.3. The van der Waals surface area contributed by atoms with Gasteiger partial charge in [-0.2, -0.15) is 0 Å². The molecule has 2 N–H and O–H groups in total. The van der Waals surface area contributed by atoms with E-state index < -0.39 is 0 Å². The largest absolute Gasteiger partial charge is 0.326 e. The van der Waals surface area contributed by atoms with Crippen LogP contribution in [-0.2, 0) is 11.8 Å². The van der Waals surface area contributed by atoms with Crippen LogP contribution in [-0.4, -0.2) is 9.97 Å². The minimum absolute atomic E-state index is 0.374. The Kier molecular flexibility index (Phi) is 4.53. The lowest BCUT2D eigenvalue weighted by Crippen LogP contribution is -2.07. The normalized spacial score (nSPS) is 16.4. The number of aryl methyl sites for hydroxylation is 1. The maximum atomic E-state index is 4.85. The van der Waals surface area contributed by atoms with Gasteiger partial charge in [-0.3, -0.25) is 0 Å². The second-order valence-electron chi connectivity index (χ2n) is 7.04. The summed E-state index contributed by atoms with van der Waals surface area (Å²) in [5.74, 6) is 0.797. The number of nitrogens with one attached hydrogen (secondary N) is 2. The first-order valence-electron chi connectivity index (χ1n) is 9.16. The highest BCUT2D eigenvalue weighted by Gasteiger charge is 2.44. The third-order valence-corrected chi connectivity index (χ3v) is 5.44. The quantitative estimate of drug-likeness (QED) is 0.628. The zero-order valence-corrected chi connectivity index (χ0v) is 15.4. The van der Waals surface area contributed by atoms with Crippen molar-refractivity contribution in [2.45, 2.75) is 65.2 Å². The van der Waals surface area contributed by atoms with Gasteiger partial charge in [-0.1, -0.05) is 45.1 Å². The number of aromatic amines is 1. The van der Waals surface area contributed by atoms with E-state index in [0.29, 0.717) is 5.41 Å². The van der Waals surface area contributed by atoms with E-state index in [-0.39, 0.29) is 0 Å². The topological polar surface area (TPSA) is 40.7 Å². The fourth-order valence-electron chi connectivity index (χ4n) is 3.63. The van der Waals surface area contributed by atoms with Crippen LogP contribution >= 0.6 is 0 Å². The number of allylic oxidation sites excluding steroid dienone is 2. The predicted molar refractivity (Wildman–Crippen MR) is 103 cm³/mol. The Morgan fingerprint density at radius 1 is 1.38 bits per heavy atom. The first-order valence-corrected chi connectivity index (χ1v) is 9.16. The van der Waals surface area contributed by atoms with Gasteiger partial charge in [0.2, 0.25) is 5.95 Å². The molecule has 0 spiro atoms. The van der Waals surface area contributed by atoms with Gasteiger partial charge in [0.05, 0.1) is 11.0 Å². The molecule has 1 aliphatic rings. The molecule has 24 heavy (non-hydrogen) atoms. The van der Waals surface area contributed by atoms with Gasteiger partial charge in [-0.05, 0) is 61.6 Å². The fraction of sp³-hybridized carbons (Fsp3) is 0.476. The van der Waals surface area contributed by atoms with E-state index in [0.717, 1.165) is 29.2 Å². The molecule has 0 atom stereocenters. The molecule has 3 heteroatoms. The number of imidazole rings is 1. The maximum Gasteiger partial charge on any atom is 0.205 e. The summed E-state index contributed by atoms with van der Waals surface area (Å²) >= 11 is 0. The van der Waals surface area contributed by atoms with Crippen molar-refractivity contribution < 1.29 is 0 Å². The van der Waals surface area contributed by atoms with Crippen molar-refractivity contribution in [3.05, 3.63) is 47.2 Å². The number of hydrogen-bond donors (Lipinski definition) is 2. The zero-order valence-electron chi connectivity index (χ0n) is 15.4. The molecule has 1 fully saturated rings. The van der Waals surface area contributed by atoms with Crippen LogP contribution < -0.4 is 5.32 Å². The summed E-state index contributed by atoms with van der Waals surface area (Å²) in [6.07, 6.45) is 8.15. The molecule has 0 bridgehead atoms. The molecule has 128 valence electrons. The molecule has 0 saturated heterocycles. The number of hydrogen-bond acceptors (Lipinski definition) is 2. The molecule has 1 aromatic heterocycles. The summed E-state index contributed by atoms with van der Waals surface area (Å²) in [6.45, 7) is 12.7. The van der Waals surface area contributed by atoms with Crippen molar-refractivity contribution in [1.29, 1.82) is 0 Å². The molecule has 1 aliphatic carbocycles. The van der Waals surface area contributed by atoms with Crippen molar-refractivity contribution in [1.82, 2.24) is 9.97 Å². The van der Waals surface area contributed by atoms with E-state index in [4.69, 9.17) is 4.98 Å². The molecule has 3 nitrogen and oxygen atoms in total. The lowest BCUT2D eigenvalue weighted by atomic mass is 9.89. The Balaban J connectivity index is 2.05. The van der Waals surface area contributed by atoms with Crippen LogP contribution in [0.2, 0.25) is 0 Å². The van der Waals surface area contributed by atoms with E-state index in [1.807, 2.05) is 6.92 Å². The van der Waals surface area contributed by atoms with Crippen molar-refractivity contribution in [2.75, 3.05) is 5.32 Å². The van der Waals surface area contributed by atoms with Gasteiger partial charge in [0, 0.05) is 5.70 Å². The fourth-order valence-corrected chi connectivity index (χ4v) is 3.63. The number of fused-ring (bicyclic) bond motifs is 1. The average molecular weight is 323 g/mol. The number of aromatic nitrogens is 2. The van der Waals surface area contributed by atoms with E-state index >= 15 is 0 Å². The molecule has 0 unspecified atom stereocenters. The van der Waals surface area contributed by atoms with E-state index in [1.54, 1.807) is 0 Å². The SMILES string of the molecule is C=C(Nc1nc2c(CC)ccc(C3(CCC)CC3)c2[nH]1)/C(C)=C/C. The minimum Gasteiger partial charge on any atom is -0.326 e. The second kappa shape index (κ2) is 6.46. The van der Waals surface area contributed by atoms with E-state index in [1.165, 1.54) is 42.3 Å². The summed E-state index contributed by atoms with van der Waals surface area (Å²) in [7, 11) is 0. The summed E-state index contributed by atoms with van der Waals surface area (Å²) < 4.78 is 0. The molecule has 1 saturated carbocycles. The van der Waals surface area contributed by atoms with Crippen LogP contribution in [0.5, 0.6) is 0 Å². The van der Waals surface area contributed by atoms with Gasteiger partial charge >= 0.3 is 0 Å². The van der Waals surface area contributed by atoms with Crippen LogP contribution in [0.25, 0.3) is 11.0 Å². The first kappa shape index (κ1) is 16.8. The summed E-state index contributed by atoms with van der Waals surface area (Å²) in [5.41, 5.74) is 7.49. The van der Waals surface area contributed by atoms with Gasteiger partial charge in [-0.15, -0.1) is 0 Å². The van der Waals surface area contributed by atoms with E-state index in [9.17, 15) is 0 Å². The lowest BCUT2D eigenvalue weighted by molar-refractivity contribution is 0.610. The molecule has 2 aromatic rings. The van der Waals surface area contributed by atoms with Crippen molar-refractivity contribution in [2.24, 2.45) is 0 Å². The molecule has 1 heterocycles. The molecule has 0 aliphatic heterocycles. The number of nitrogens with zero attached hydrogens (tertiary/aromatic N) is 1. The van der Waals surface area contributed by atoms with Crippen LogP contribution in [0.1, 0.15) is 64.5 Å². The number of H-pyrrole nitrogens is 1. The minimum atomic E-state index is 0.374. The highest BCUT2D eigenvalue weighted by Crippen LogP contribution is 2.53. The first-order chi connectivity index (χ1) is 11.5. The lowest BCUT2D eigenvalue weighted by Gasteiger charge is -2.16. The highest BCUT2D eigenvalue weighted by atomic mass is 15.1. The van der Waals surface area contributed by atoms with Crippen LogP contribution in [0, 0.1) is 0 Å². The molecular weight excluding hydrogens is 294 g/mol. The molecule has 1 aromatic carbocycles. The highest BCUT2D eigenvalue weighted by molar-refractivity contribution is 5.86. The Labute approximate surface area is 145 Å².